The standard InChI is InChI=1S/C11H10N4OS/c1-7-2-3-8(4-12)10(14-7)13-5-9-6-17-11(16)15-9/h2-3,6H,5H2,1H3,(H,13,14)(H,15,16). The normalized spacial score (nSPS) is 9.88. The first-order chi connectivity index (χ1) is 8.19. The van der Waals surface area contributed by atoms with E-state index in [9.17, 15) is 4.79 Å². The Kier molecular flexibility index (Phi) is 3.21. The van der Waals surface area contributed by atoms with Crippen molar-refractivity contribution in [3.63, 3.8) is 0 Å². The van der Waals surface area contributed by atoms with Gasteiger partial charge in [-0.3, -0.25) is 4.79 Å². The Morgan fingerprint density at radius 3 is 3.06 bits per heavy atom. The van der Waals surface area contributed by atoms with Gasteiger partial charge in [0.2, 0.25) is 0 Å². The molecule has 86 valence electrons. The number of thiazole rings is 1. The number of hydrogen-bond acceptors (Lipinski definition) is 5. The predicted octanol–water partition coefficient (Wildman–Crippen LogP) is 1.62. The van der Waals surface area contributed by atoms with E-state index in [0.29, 0.717) is 17.9 Å². The third-order valence-corrected chi connectivity index (χ3v) is 2.89. The molecule has 17 heavy (non-hydrogen) atoms. The fraction of sp³-hybridized carbons (Fsp3) is 0.182. The van der Waals surface area contributed by atoms with Gasteiger partial charge in [0.05, 0.1) is 12.1 Å². The quantitative estimate of drug-likeness (QED) is 0.862. The van der Waals surface area contributed by atoms with Crippen LogP contribution in [0.2, 0.25) is 0 Å². The molecular formula is C11H10N4OS. The maximum Gasteiger partial charge on any atom is 0.304 e. The molecule has 0 aliphatic heterocycles. The number of nitrogens with one attached hydrogen (secondary N) is 2. The average molecular weight is 246 g/mol. The van der Waals surface area contributed by atoms with Crippen LogP contribution in [0.5, 0.6) is 0 Å². The number of rotatable bonds is 3. The monoisotopic (exact) mass is 246 g/mol. The molecule has 0 saturated heterocycles. The highest BCUT2D eigenvalue weighted by atomic mass is 32.1. The molecular weight excluding hydrogens is 236 g/mol. The predicted molar refractivity (Wildman–Crippen MR) is 66.0 cm³/mol. The first kappa shape index (κ1) is 11.4. The number of pyridine rings is 1. The minimum Gasteiger partial charge on any atom is -0.363 e. The van der Waals surface area contributed by atoms with Crippen molar-refractivity contribution >= 4 is 17.2 Å². The molecule has 0 aromatic carbocycles. The smallest absolute Gasteiger partial charge is 0.304 e. The van der Waals surface area contributed by atoms with Crippen molar-refractivity contribution in [2.75, 3.05) is 5.32 Å². The minimum absolute atomic E-state index is 0.0838. The van der Waals surface area contributed by atoms with Crippen molar-refractivity contribution in [2.24, 2.45) is 0 Å². The Bertz CT molecular complexity index is 623. The van der Waals surface area contributed by atoms with Crippen LogP contribution in [0.15, 0.2) is 22.3 Å². The van der Waals surface area contributed by atoms with Crippen LogP contribution in [-0.4, -0.2) is 9.97 Å². The van der Waals surface area contributed by atoms with Crippen molar-refractivity contribution in [3.8, 4) is 6.07 Å². The van der Waals surface area contributed by atoms with Gasteiger partial charge in [0.15, 0.2) is 0 Å². The number of hydrogen-bond donors (Lipinski definition) is 2. The number of nitrogens with zero attached hydrogens (tertiary/aromatic N) is 2. The highest BCUT2D eigenvalue weighted by Crippen LogP contribution is 2.13. The molecule has 0 fully saturated rings. The van der Waals surface area contributed by atoms with Crippen LogP contribution in [0, 0.1) is 18.3 Å². The van der Waals surface area contributed by atoms with Gasteiger partial charge in [-0.25, -0.2) is 4.98 Å². The van der Waals surface area contributed by atoms with Gasteiger partial charge in [-0.1, -0.05) is 11.3 Å². The van der Waals surface area contributed by atoms with Gasteiger partial charge in [-0.15, -0.1) is 0 Å². The van der Waals surface area contributed by atoms with E-state index in [4.69, 9.17) is 5.26 Å². The van der Waals surface area contributed by atoms with Gasteiger partial charge in [0.1, 0.15) is 11.9 Å². The average Bonchev–Trinajstić information content (AvgIpc) is 2.73. The van der Waals surface area contributed by atoms with Crippen LogP contribution in [0.25, 0.3) is 0 Å². The Morgan fingerprint density at radius 1 is 1.59 bits per heavy atom. The molecule has 5 nitrogen and oxygen atoms in total. The second-order valence-corrected chi connectivity index (χ2v) is 4.33. The Labute approximate surface area is 102 Å². The van der Waals surface area contributed by atoms with Crippen molar-refractivity contribution in [1.29, 1.82) is 5.26 Å². The molecule has 0 aliphatic rings. The van der Waals surface area contributed by atoms with Gasteiger partial charge >= 0.3 is 4.87 Å². The van der Waals surface area contributed by atoms with Gasteiger partial charge < -0.3 is 10.3 Å². The summed E-state index contributed by atoms with van der Waals surface area (Å²) in [4.78, 5) is 17.8. The lowest BCUT2D eigenvalue weighted by molar-refractivity contribution is 1.03. The highest BCUT2D eigenvalue weighted by Gasteiger charge is 2.04. The van der Waals surface area contributed by atoms with Crippen molar-refractivity contribution in [1.82, 2.24) is 9.97 Å². The second-order valence-electron chi connectivity index (χ2n) is 3.49. The highest BCUT2D eigenvalue weighted by molar-refractivity contribution is 7.07. The van der Waals surface area contributed by atoms with E-state index in [1.165, 1.54) is 0 Å². The number of aromatic amines is 1. The van der Waals surface area contributed by atoms with Crippen molar-refractivity contribution < 1.29 is 0 Å². The summed E-state index contributed by atoms with van der Waals surface area (Å²) >= 11 is 1.12. The third kappa shape index (κ3) is 2.71. The van der Waals surface area contributed by atoms with Crippen LogP contribution in [0.4, 0.5) is 5.82 Å². The molecule has 0 amide bonds. The maximum atomic E-state index is 10.9. The second kappa shape index (κ2) is 4.80. The molecule has 2 aromatic heterocycles. The molecule has 0 atom stereocenters. The molecule has 0 unspecified atom stereocenters. The van der Waals surface area contributed by atoms with E-state index in [-0.39, 0.29) is 4.87 Å². The van der Waals surface area contributed by atoms with Crippen LogP contribution in [0.1, 0.15) is 17.0 Å². The zero-order valence-electron chi connectivity index (χ0n) is 9.15. The van der Waals surface area contributed by atoms with Crippen LogP contribution in [-0.2, 0) is 6.54 Å². The summed E-state index contributed by atoms with van der Waals surface area (Å²) in [6, 6.07) is 5.58. The number of aryl methyl sites for hydroxylation is 1. The van der Waals surface area contributed by atoms with E-state index < -0.39 is 0 Å². The number of nitriles is 1. The van der Waals surface area contributed by atoms with E-state index in [1.807, 2.05) is 6.92 Å². The maximum absolute atomic E-state index is 10.9. The summed E-state index contributed by atoms with van der Waals surface area (Å²) in [6.07, 6.45) is 0. The molecule has 2 aromatic rings. The number of aromatic nitrogens is 2. The van der Waals surface area contributed by atoms with Gasteiger partial charge in [0, 0.05) is 16.8 Å². The summed E-state index contributed by atoms with van der Waals surface area (Å²) in [5.41, 5.74) is 2.12. The Hall–Kier alpha value is -2.13. The summed E-state index contributed by atoms with van der Waals surface area (Å²) in [6.45, 7) is 2.31. The zero-order chi connectivity index (χ0) is 12.3. The largest absolute Gasteiger partial charge is 0.363 e. The first-order valence-corrected chi connectivity index (χ1v) is 5.85. The summed E-state index contributed by atoms with van der Waals surface area (Å²) in [7, 11) is 0. The van der Waals surface area contributed by atoms with Crippen LogP contribution in [0.3, 0.4) is 0 Å². The molecule has 2 rings (SSSR count). The Morgan fingerprint density at radius 2 is 2.41 bits per heavy atom. The number of anilines is 1. The lowest BCUT2D eigenvalue weighted by atomic mass is 10.2. The fourth-order valence-electron chi connectivity index (χ4n) is 1.36. The first-order valence-electron chi connectivity index (χ1n) is 4.97. The number of H-pyrrole nitrogens is 1. The summed E-state index contributed by atoms with van der Waals surface area (Å²) < 4.78 is 0. The molecule has 2 N–H and O–H groups in total. The lowest BCUT2D eigenvalue weighted by Crippen LogP contribution is -2.06. The SMILES string of the molecule is Cc1ccc(C#N)c(NCc2csc(=O)[nH]2)n1. The van der Waals surface area contributed by atoms with Crippen molar-refractivity contribution in [3.05, 3.63) is 44.1 Å². The van der Waals surface area contributed by atoms with Gasteiger partial charge in [0.25, 0.3) is 0 Å². The zero-order valence-corrected chi connectivity index (χ0v) is 9.97. The van der Waals surface area contributed by atoms with E-state index in [0.717, 1.165) is 22.7 Å². The molecule has 0 spiro atoms. The topological polar surface area (TPSA) is 81.6 Å². The van der Waals surface area contributed by atoms with Gasteiger partial charge in [-0.05, 0) is 19.1 Å². The summed E-state index contributed by atoms with van der Waals surface area (Å²) in [5, 5.41) is 13.7. The van der Waals surface area contributed by atoms with Gasteiger partial charge in [-0.2, -0.15) is 5.26 Å². The van der Waals surface area contributed by atoms with Crippen LogP contribution >= 0.6 is 11.3 Å². The third-order valence-electron chi connectivity index (χ3n) is 2.17. The lowest BCUT2D eigenvalue weighted by Gasteiger charge is -2.06. The molecule has 2 heterocycles. The van der Waals surface area contributed by atoms with E-state index in [1.54, 1.807) is 17.5 Å². The van der Waals surface area contributed by atoms with E-state index in [2.05, 4.69) is 21.4 Å². The molecule has 0 bridgehead atoms. The minimum atomic E-state index is -0.0838. The molecule has 6 heteroatoms. The van der Waals surface area contributed by atoms with Crippen molar-refractivity contribution in [2.45, 2.75) is 13.5 Å². The summed E-state index contributed by atoms with van der Waals surface area (Å²) in [5.74, 6) is 0.541. The fourth-order valence-corrected chi connectivity index (χ4v) is 1.94. The molecule has 0 aliphatic carbocycles. The van der Waals surface area contributed by atoms with Crippen LogP contribution < -0.4 is 10.2 Å². The molecule has 0 radical (unpaired) electrons. The Balaban J connectivity index is 2.16. The molecule has 0 saturated carbocycles. The van der Waals surface area contributed by atoms with E-state index >= 15 is 0 Å².